The number of amides is 2. The monoisotopic (exact) mass is 549 g/mol. The summed E-state index contributed by atoms with van der Waals surface area (Å²) in [6.07, 6.45) is 0.764. The highest BCUT2D eigenvalue weighted by Gasteiger charge is 2.32. The molecule has 1 unspecified atom stereocenters. The topological polar surface area (TPSA) is 86.8 Å². The lowest BCUT2D eigenvalue weighted by atomic mass is 10.0. The van der Waals surface area contributed by atoms with Crippen LogP contribution in [0, 0.1) is 6.92 Å². The molecule has 0 bridgehead atoms. The summed E-state index contributed by atoms with van der Waals surface area (Å²) >= 11 is 0. The molecule has 2 amide bonds. The van der Waals surface area contributed by atoms with Gasteiger partial charge in [-0.25, -0.2) is 8.42 Å². The second kappa shape index (κ2) is 13.4. The van der Waals surface area contributed by atoms with Crippen LogP contribution >= 0.6 is 0 Å². The van der Waals surface area contributed by atoms with Crippen LogP contribution < -0.4 is 9.62 Å². The lowest BCUT2D eigenvalue weighted by molar-refractivity contribution is -0.139. The van der Waals surface area contributed by atoms with Gasteiger partial charge < -0.3 is 10.2 Å². The van der Waals surface area contributed by atoms with Gasteiger partial charge in [0.2, 0.25) is 11.8 Å². The highest BCUT2D eigenvalue weighted by Crippen LogP contribution is 2.26. The van der Waals surface area contributed by atoms with E-state index in [2.05, 4.69) is 19.2 Å². The van der Waals surface area contributed by atoms with Gasteiger partial charge in [-0.15, -0.1) is 0 Å². The summed E-state index contributed by atoms with van der Waals surface area (Å²) in [5.74, 6) is -0.481. The molecule has 0 aliphatic rings. The maximum absolute atomic E-state index is 13.9. The molecular weight excluding hydrogens is 510 g/mol. The number of benzene rings is 3. The van der Waals surface area contributed by atoms with Gasteiger partial charge in [0.05, 0.1) is 10.6 Å². The van der Waals surface area contributed by atoms with Crippen LogP contribution in [0.5, 0.6) is 0 Å². The highest BCUT2D eigenvalue weighted by molar-refractivity contribution is 7.92. The van der Waals surface area contributed by atoms with Crippen molar-refractivity contribution in [1.82, 2.24) is 10.2 Å². The summed E-state index contributed by atoms with van der Waals surface area (Å²) in [5, 5.41) is 2.86. The Labute approximate surface area is 232 Å². The molecule has 3 rings (SSSR count). The van der Waals surface area contributed by atoms with E-state index in [1.165, 1.54) is 17.0 Å². The number of anilines is 1. The van der Waals surface area contributed by atoms with Gasteiger partial charge in [0.1, 0.15) is 12.6 Å². The number of rotatable bonds is 12. The van der Waals surface area contributed by atoms with Gasteiger partial charge in [-0.1, -0.05) is 80.9 Å². The maximum atomic E-state index is 13.9. The number of nitrogens with one attached hydrogen (secondary N) is 1. The summed E-state index contributed by atoms with van der Waals surface area (Å²) < 4.78 is 28.8. The molecule has 0 aromatic heterocycles. The van der Waals surface area contributed by atoms with Gasteiger partial charge in [0.15, 0.2) is 0 Å². The number of hydrogen-bond acceptors (Lipinski definition) is 4. The second-order valence-corrected chi connectivity index (χ2v) is 11.9. The number of aryl methyl sites for hydroxylation is 1. The third-order valence-corrected chi connectivity index (χ3v) is 8.44. The molecule has 0 aliphatic heterocycles. The van der Waals surface area contributed by atoms with Crippen LogP contribution in [0.25, 0.3) is 0 Å². The zero-order valence-electron chi connectivity index (χ0n) is 23.4. The van der Waals surface area contributed by atoms with E-state index in [1.807, 2.05) is 50.2 Å². The first-order valence-corrected chi connectivity index (χ1v) is 14.8. The van der Waals surface area contributed by atoms with E-state index in [4.69, 9.17) is 0 Å². The van der Waals surface area contributed by atoms with Gasteiger partial charge >= 0.3 is 0 Å². The van der Waals surface area contributed by atoms with E-state index >= 15 is 0 Å². The van der Waals surface area contributed by atoms with Gasteiger partial charge in [-0.3, -0.25) is 13.9 Å². The van der Waals surface area contributed by atoms with Gasteiger partial charge in [0.25, 0.3) is 10.0 Å². The molecule has 208 valence electrons. The highest BCUT2D eigenvalue weighted by atomic mass is 32.2. The number of hydrogen-bond donors (Lipinski definition) is 1. The first kappa shape index (κ1) is 29.9. The first-order valence-electron chi connectivity index (χ1n) is 13.3. The molecule has 0 saturated heterocycles. The Bertz CT molecular complexity index is 1340. The Morgan fingerprint density at radius 1 is 0.872 bits per heavy atom. The zero-order valence-corrected chi connectivity index (χ0v) is 24.2. The molecule has 8 heteroatoms. The fourth-order valence-corrected chi connectivity index (χ4v) is 5.58. The number of sulfonamides is 1. The smallest absolute Gasteiger partial charge is 0.264 e. The molecule has 0 spiro atoms. The summed E-state index contributed by atoms with van der Waals surface area (Å²) in [5.41, 5.74) is 3.37. The van der Waals surface area contributed by atoms with E-state index in [0.717, 1.165) is 27.4 Å². The van der Waals surface area contributed by atoms with Gasteiger partial charge in [-0.05, 0) is 61.6 Å². The van der Waals surface area contributed by atoms with Crippen molar-refractivity contribution in [2.45, 2.75) is 64.4 Å². The molecule has 0 radical (unpaired) electrons. The fraction of sp³-hybridized carbons (Fsp3) is 0.355. The Hall–Kier alpha value is -3.65. The molecule has 3 aromatic carbocycles. The van der Waals surface area contributed by atoms with E-state index in [0.29, 0.717) is 12.2 Å². The average Bonchev–Trinajstić information content (AvgIpc) is 2.94. The average molecular weight is 550 g/mol. The van der Waals surface area contributed by atoms with Crippen molar-refractivity contribution in [3.05, 3.63) is 95.6 Å². The number of carbonyl (C=O) groups is 2. The molecule has 0 heterocycles. The third kappa shape index (κ3) is 7.69. The lowest BCUT2D eigenvalue weighted by Crippen LogP contribution is -2.51. The lowest BCUT2D eigenvalue weighted by Gasteiger charge is -2.32. The summed E-state index contributed by atoms with van der Waals surface area (Å²) in [6, 6.07) is 22.2. The fourth-order valence-electron chi connectivity index (χ4n) is 4.14. The van der Waals surface area contributed by atoms with Gasteiger partial charge in [0, 0.05) is 13.1 Å². The van der Waals surface area contributed by atoms with E-state index < -0.39 is 28.5 Å². The van der Waals surface area contributed by atoms with Crippen LogP contribution in [-0.4, -0.2) is 44.3 Å². The van der Waals surface area contributed by atoms with Crippen LogP contribution in [0.2, 0.25) is 0 Å². The van der Waals surface area contributed by atoms with Crippen LogP contribution in [0.4, 0.5) is 5.69 Å². The zero-order chi connectivity index (χ0) is 28.6. The Kier molecular flexibility index (Phi) is 10.3. The van der Waals surface area contributed by atoms with Crippen LogP contribution in [-0.2, 0) is 26.2 Å². The predicted octanol–water partition coefficient (Wildman–Crippen LogP) is 5.26. The Balaban J connectivity index is 2.01. The molecule has 7 nitrogen and oxygen atoms in total. The minimum atomic E-state index is -4.07. The summed E-state index contributed by atoms with van der Waals surface area (Å²) in [6.45, 7) is 9.94. The minimum Gasteiger partial charge on any atom is -0.354 e. The van der Waals surface area contributed by atoms with Gasteiger partial charge in [-0.2, -0.15) is 0 Å². The van der Waals surface area contributed by atoms with Crippen molar-refractivity contribution >= 4 is 27.5 Å². The van der Waals surface area contributed by atoms with Crippen molar-refractivity contribution in [3.63, 3.8) is 0 Å². The van der Waals surface area contributed by atoms with Crippen molar-refractivity contribution in [2.24, 2.45) is 0 Å². The Morgan fingerprint density at radius 2 is 1.49 bits per heavy atom. The van der Waals surface area contributed by atoms with Crippen molar-refractivity contribution in [1.29, 1.82) is 0 Å². The normalized spacial score (nSPS) is 12.2. The first-order chi connectivity index (χ1) is 18.5. The van der Waals surface area contributed by atoms with Crippen molar-refractivity contribution in [3.8, 4) is 0 Å². The molecule has 0 saturated carbocycles. The molecule has 1 atom stereocenters. The molecule has 0 fully saturated rings. The van der Waals surface area contributed by atoms with Crippen molar-refractivity contribution in [2.75, 3.05) is 17.4 Å². The van der Waals surface area contributed by atoms with Crippen molar-refractivity contribution < 1.29 is 18.0 Å². The molecule has 3 aromatic rings. The second-order valence-electron chi connectivity index (χ2n) is 10.0. The molecular formula is C31H39N3O4S. The largest absolute Gasteiger partial charge is 0.354 e. The van der Waals surface area contributed by atoms with E-state index in [9.17, 15) is 18.0 Å². The van der Waals surface area contributed by atoms with Crippen LogP contribution in [0.1, 0.15) is 56.7 Å². The van der Waals surface area contributed by atoms with E-state index in [-0.39, 0.29) is 23.3 Å². The van der Waals surface area contributed by atoms with E-state index in [1.54, 1.807) is 37.3 Å². The molecule has 39 heavy (non-hydrogen) atoms. The predicted molar refractivity (Wildman–Crippen MR) is 156 cm³/mol. The summed E-state index contributed by atoms with van der Waals surface area (Å²) in [4.78, 5) is 28.4. The standard InChI is InChI=1S/C31H39N3O4S/c1-6-20-32-31(36)25(5)33(21-26-14-12-24(4)13-15-26)30(35)22-34(28-18-16-27(17-19-28)23(2)3)39(37,38)29-10-8-7-9-11-29/h7-19,23,25H,6,20-22H2,1-5H3,(H,32,36). The van der Waals surface area contributed by atoms with Crippen LogP contribution in [0.15, 0.2) is 83.8 Å². The Morgan fingerprint density at radius 3 is 2.05 bits per heavy atom. The number of carbonyl (C=O) groups excluding carboxylic acids is 2. The summed E-state index contributed by atoms with van der Waals surface area (Å²) in [7, 11) is -4.07. The minimum absolute atomic E-state index is 0.0876. The number of nitrogens with zero attached hydrogens (tertiary/aromatic N) is 2. The SMILES string of the molecule is CCCNC(=O)C(C)N(Cc1ccc(C)cc1)C(=O)CN(c1ccc(C(C)C)cc1)S(=O)(=O)c1ccccc1. The quantitative estimate of drug-likeness (QED) is 0.334. The maximum Gasteiger partial charge on any atom is 0.264 e. The third-order valence-electron chi connectivity index (χ3n) is 6.65. The molecule has 1 N–H and O–H groups in total. The molecule has 0 aliphatic carbocycles. The van der Waals surface area contributed by atoms with Crippen LogP contribution in [0.3, 0.4) is 0 Å².